The van der Waals surface area contributed by atoms with Crippen molar-refractivity contribution in [3.63, 3.8) is 0 Å². The second-order valence-electron chi connectivity index (χ2n) is 15.4. The maximum Gasteiger partial charge on any atom is 0.164 e. The molecule has 10 aromatic rings. The van der Waals surface area contributed by atoms with E-state index in [0.29, 0.717) is 17.5 Å². The molecule has 0 saturated heterocycles. The van der Waals surface area contributed by atoms with Gasteiger partial charge in [0.15, 0.2) is 17.5 Å². The van der Waals surface area contributed by atoms with Gasteiger partial charge in [-0.1, -0.05) is 188 Å². The molecule has 2 aliphatic rings. The van der Waals surface area contributed by atoms with Gasteiger partial charge in [0.1, 0.15) is 0 Å². The number of pyridine rings is 1. The van der Waals surface area contributed by atoms with Crippen LogP contribution in [0, 0.1) is 0 Å². The SMILES string of the molecule is c1ccc(-c2nc(-c3ccccc3)nc(-c3cccc(-c4ccc5c(c4)Sc4cc(-c6cccc7cccnc67)ccc4C54c5ccccc5-c5ccccc54)c3)n2)cc1. The molecule has 1 spiro atoms. The highest BCUT2D eigenvalue weighted by Crippen LogP contribution is 2.62. The molecule has 5 heteroatoms. The predicted molar refractivity (Wildman–Crippen MR) is 244 cm³/mol. The molecule has 280 valence electrons. The fourth-order valence-corrected chi connectivity index (χ4v) is 10.6. The summed E-state index contributed by atoms with van der Waals surface area (Å²) >= 11 is 1.86. The standard InChI is InChI=1S/C55H34N4S/c1-3-14-36(15-4-1)52-57-53(37-16-5-2-6-17-37)59-54(58-52)41-20-11-19-38(32-41)39-27-29-47-49(33-39)60-50-34-40(42-24-12-18-35-21-13-31-56-51(35)42)28-30-48(50)55(47)45-25-9-7-22-43(45)44-23-8-10-26-46(44)55/h1-34H. The van der Waals surface area contributed by atoms with E-state index in [0.717, 1.165) is 49.8 Å². The van der Waals surface area contributed by atoms with E-state index in [1.165, 1.54) is 43.2 Å². The van der Waals surface area contributed by atoms with Crippen LogP contribution in [0.1, 0.15) is 22.3 Å². The highest BCUT2D eigenvalue weighted by Gasteiger charge is 2.50. The molecule has 0 N–H and O–H groups in total. The van der Waals surface area contributed by atoms with E-state index >= 15 is 0 Å². The Bertz CT molecular complexity index is 3200. The minimum atomic E-state index is -0.481. The van der Waals surface area contributed by atoms with Crippen LogP contribution < -0.4 is 0 Å². The number of aromatic nitrogens is 4. The van der Waals surface area contributed by atoms with E-state index in [1.807, 2.05) is 84.7 Å². The number of hydrogen-bond acceptors (Lipinski definition) is 5. The lowest BCUT2D eigenvalue weighted by Gasteiger charge is -2.40. The average molecular weight is 783 g/mol. The van der Waals surface area contributed by atoms with Gasteiger partial charge < -0.3 is 0 Å². The van der Waals surface area contributed by atoms with E-state index in [2.05, 4.69) is 133 Å². The molecule has 0 radical (unpaired) electrons. The van der Waals surface area contributed by atoms with Gasteiger partial charge in [0.25, 0.3) is 0 Å². The molecule has 0 amide bonds. The number of benzene rings is 8. The molecule has 1 aliphatic carbocycles. The summed E-state index contributed by atoms with van der Waals surface area (Å²) < 4.78 is 0. The Morgan fingerprint density at radius 1 is 0.333 bits per heavy atom. The van der Waals surface area contributed by atoms with Crippen LogP contribution in [0.5, 0.6) is 0 Å². The Kier molecular flexibility index (Phi) is 7.97. The predicted octanol–water partition coefficient (Wildman–Crippen LogP) is 13.6. The van der Waals surface area contributed by atoms with Gasteiger partial charge in [-0.15, -0.1) is 0 Å². The average Bonchev–Trinajstić information content (AvgIpc) is 3.62. The molecule has 12 rings (SSSR count). The lowest BCUT2D eigenvalue weighted by Crippen LogP contribution is -2.32. The van der Waals surface area contributed by atoms with Gasteiger partial charge in [-0.25, -0.2) is 15.0 Å². The van der Waals surface area contributed by atoms with Gasteiger partial charge in [0, 0.05) is 43.6 Å². The molecule has 3 heterocycles. The van der Waals surface area contributed by atoms with Crippen molar-refractivity contribution < 1.29 is 0 Å². The summed E-state index contributed by atoms with van der Waals surface area (Å²) in [5.74, 6) is 1.93. The summed E-state index contributed by atoms with van der Waals surface area (Å²) in [6.45, 7) is 0. The first-order chi connectivity index (χ1) is 29.7. The molecular weight excluding hydrogens is 749 g/mol. The van der Waals surface area contributed by atoms with Crippen molar-refractivity contribution in [2.45, 2.75) is 15.2 Å². The Hall–Kier alpha value is -7.47. The quantitative estimate of drug-likeness (QED) is 0.174. The molecule has 0 unspecified atom stereocenters. The zero-order chi connectivity index (χ0) is 39.6. The first-order valence-corrected chi connectivity index (χ1v) is 21.0. The zero-order valence-electron chi connectivity index (χ0n) is 32.3. The van der Waals surface area contributed by atoms with Crippen molar-refractivity contribution >= 4 is 22.7 Å². The monoisotopic (exact) mass is 782 g/mol. The van der Waals surface area contributed by atoms with Crippen molar-refractivity contribution in [1.29, 1.82) is 0 Å². The summed E-state index contributed by atoms with van der Waals surface area (Å²) in [4.78, 5) is 22.3. The van der Waals surface area contributed by atoms with E-state index in [1.54, 1.807) is 0 Å². The van der Waals surface area contributed by atoms with E-state index in [-0.39, 0.29) is 0 Å². The Morgan fingerprint density at radius 2 is 0.817 bits per heavy atom. The summed E-state index contributed by atoms with van der Waals surface area (Å²) in [6.07, 6.45) is 1.89. The third-order valence-electron chi connectivity index (χ3n) is 12.0. The topological polar surface area (TPSA) is 51.6 Å². The third kappa shape index (κ3) is 5.40. The molecule has 4 nitrogen and oxygen atoms in total. The normalized spacial score (nSPS) is 13.1. The molecule has 2 aromatic heterocycles. The van der Waals surface area contributed by atoms with Crippen molar-refractivity contribution in [2.24, 2.45) is 0 Å². The number of hydrogen-bond donors (Lipinski definition) is 0. The van der Waals surface area contributed by atoms with Gasteiger partial charge in [0.2, 0.25) is 0 Å². The summed E-state index contributed by atoms with van der Waals surface area (Å²) in [7, 11) is 0. The fraction of sp³-hybridized carbons (Fsp3) is 0.0182. The molecule has 8 aromatic carbocycles. The molecule has 0 atom stereocenters. The van der Waals surface area contributed by atoms with Crippen molar-refractivity contribution in [3.05, 3.63) is 229 Å². The van der Waals surface area contributed by atoms with Crippen molar-refractivity contribution in [3.8, 4) is 67.5 Å². The maximum absolute atomic E-state index is 5.04. The first-order valence-electron chi connectivity index (χ1n) is 20.2. The molecular formula is C55H34N4S. The minimum Gasteiger partial charge on any atom is -0.256 e. The fourth-order valence-electron chi connectivity index (χ4n) is 9.37. The van der Waals surface area contributed by atoms with Gasteiger partial charge in [-0.05, 0) is 74.3 Å². The lowest BCUT2D eigenvalue weighted by molar-refractivity contribution is 0.723. The van der Waals surface area contributed by atoms with Gasteiger partial charge in [-0.2, -0.15) is 0 Å². The Morgan fingerprint density at radius 3 is 1.48 bits per heavy atom. The summed E-state index contributed by atoms with van der Waals surface area (Å²) in [5.41, 5.74) is 15.7. The molecule has 1 aliphatic heterocycles. The minimum absolute atomic E-state index is 0.481. The van der Waals surface area contributed by atoms with Crippen LogP contribution >= 0.6 is 11.8 Å². The Labute approximate surface area is 352 Å². The van der Waals surface area contributed by atoms with Crippen LogP contribution in [0.4, 0.5) is 0 Å². The third-order valence-corrected chi connectivity index (χ3v) is 13.2. The van der Waals surface area contributed by atoms with Crippen LogP contribution in [0.15, 0.2) is 216 Å². The number of nitrogens with zero attached hydrogens (tertiary/aromatic N) is 4. The maximum atomic E-state index is 5.04. The second kappa shape index (κ2) is 13.8. The zero-order valence-corrected chi connectivity index (χ0v) is 33.1. The van der Waals surface area contributed by atoms with Gasteiger partial charge in [-0.3, -0.25) is 4.98 Å². The van der Waals surface area contributed by atoms with E-state index in [9.17, 15) is 0 Å². The molecule has 0 saturated carbocycles. The van der Waals surface area contributed by atoms with Crippen LogP contribution in [0.25, 0.3) is 78.4 Å². The second-order valence-corrected chi connectivity index (χ2v) is 16.4. The molecule has 0 bridgehead atoms. The van der Waals surface area contributed by atoms with Crippen LogP contribution in [-0.2, 0) is 5.41 Å². The first kappa shape index (κ1) is 34.6. The molecule has 0 fully saturated rings. The van der Waals surface area contributed by atoms with E-state index in [4.69, 9.17) is 19.9 Å². The molecule has 60 heavy (non-hydrogen) atoms. The van der Waals surface area contributed by atoms with Crippen LogP contribution in [-0.4, -0.2) is 19.9 Å². The van der Waals surface area contributed by atoms with Crippen LogP contribution in [0.2, 0.25) is 0 Å². The largest absolute Gasteiger partial charge is 0.256 e. The lowest BCUT2D eigenvalue weighted by atomic mass is 9.67. The Balaban J connectivity index is 1.03. The van der Waals surface area contributed by atoms with E-state index < -0.39 is 5.41 Å². The van der Waals surface area contributed by atoms with Crippen LogP contribution in [0.3, 0.4) is 0 Å². The summed E-state index contributed by atoms with van der Waals surface area (Å²) in [5, 5.41) is 1.14. The van der Waals surface area contributed by atoms with Gasteiger partial charge >= 0.3 is 0 Å². The summed E-state index contributed by atoms with van der Waals surface area (Å²) in [6, 6.07) is 71.5. The smallest absolute Gasteiger partial charge is 0.164 e. The number of rotatable bonds is 5. The highest BCUT2D eigenvalue weighted by molar-refractivity contribution is 7.99. The highest BCUT2D eigenvalue weighted by atomic mass is 32.2. The van der Waals surface area contributed by atoms with Gasteiger partial charge in [0.05, 0.1) is 10.9 Å². The van der Waals surface area contributed by atoms with Crippen molar-refractivity contribution in [2.75, 3.05) is 0 Å². The van der Waals surface area contributed by atoms with Crippen molar-refractivity contribution in [1.82, 2.24) is 19.9 Å². The number of para-hydroxylation sites is 1. The number of fused-ring (bicyclic) bond motifs is 10.